The molecule has 0 amide bonds. The maximum absolute atomic E-state index is 4.80. The summed E-state index contributed by atoms with van der Waals surface area (Å²) in [6, 6.07) is 15.7. The molecule has 0 radical (unpaired) electrons. The number of H-pyrrole nitrogens is 2. The Balaban J connectivity index is 1.01. The third-order valence-electron chi connectivity index (χ3n) is 10.7. The topological polar surface area (TPSA) is 86.3 Å². The van der Waals surface area contributed by atoms with E-state index in [0.717, 1.165) is 34.9 Å². The van der Waals surface area contributed by atoms with Crippen molar-refractivity contribution in [1.82, 2.24) is 35.1 Å². The van der Waals surface area contributed by atoms with Crippen molar-refractivity contribution in [3.8, 4) is 22.5 Å². The van der Waals surface area contributed by atoms with Gasteiger partial charge in [-0.1, -0.05) is 37.1 Å². The van der Waals surface area contributed by atoms with Gasteiger partial charge in [0.1, 0.15) is 11.6 Å². The molecule has 0 bridgehead atoms. The van der Waals surface area contributed by atoms with Gasteiger partial charge >= 0.3 is 0 Å². The Morgan fingerprint density at radius 1 is 0.675 bits per heavy atom. The van der Waals surface area contributed by atoms with Gasteiger partial charge in [-0.15, -0.1) is 0 Å². The van der Waals surface area contributed by atoms with E-state index in [0.29, 0.717) is 24.2 Å². The summed E-state index contributed by atoms with van der Waals surface area (Å²) in [5.41, 5.74) is 7.03. The number of aromatic amines is 2. The van der Waals surface area contributed by atoms with E-state index in [4.69, 9.17) is 9.97 Å². The summed E-state index contributed by atoms with van der Waals surface area (Å²) in [6.45, 7) is 0. The van der Waals surface area contributed by atoms with E-state index in [2.05, 4.69) is 68.6 Å². The van der Waals surface area contributed by atoms with Crippen LogP contribution in [0.5, 0.6) is 0 Å². The molecule has 2 saturated carbocycles. The van der Waals surface area contributed by atoms with Gasteiger partial charge in [0.25, 0.3) is 0 Å². The number of benzene rings is 2. The van der Waals surface area contributed by atoms with Gasteiger partial charge in [0.15, 0.2) is 0 Å². The molecule has 4 fully saturated rings. The highest BCUT2D eigenvalue weighted by atomic mass is 15.1. The minimum absolute atomic E-state index is 0.357. The van der Waals surface area contributed by atoms with E-state index in [9.17, 15) is 0 Å². The number of imidazole rings is 2. The van der Waals surface area contributed by atoms with Crippen molar-refractivity contribution in [2.75, 3.05) is 0 Å². The molecule has 2 aliphatic heterocycles. The molecule has 204 valence electrons. The molecule has 5 heterocycles. The number of fused-ring (bicyclic) bond motifs is 5. The third kappa shape index (κ3) is 3.57. The quantitative estimate of drug-likeness (QED) is 0.213. The van der Waals surface area contributed by atoms with Gasteiger partial charge in [-0.3, -0.25) is 0 Å². The first-order chi connectivity index (χ1) is 19.7. The highest BCUT2D eigenvalue weighted by molar-refractivity contribution is 6.09. The van der Waals surface area contributed by atoms with Crippen LogP contribution in [0, 0.1) is 11.8 Å². The van der Waals surface area contributed by atoms with Gasteiger partial charge in [0.2, 0.25) is 0 Å². The molecule has 5 aromatic rings. The van der Waals surface area contributed by atoms with Crippen LogP contribution >= 0.6 is 0 Å². The summed E-state index contributed by atoms with van der Waals surface area (Å²) in [5.74, 6) is 3.81. The number of hydrogen-bond acceptors (Lipinski definition) is 4. The second-order valence-electron chi connectivity index (χ2n) is 12.9. The summed E-state index contributed by atoms with van der Waals surface area (Å²) in [5, 5.41) is 10.2. The van der Waals surface area contributed by atoms with Crippen molar-refractivity contribution in [3.05, 3.63) is 60.4 Å². The second-order valence-corrected chi connectivity index (χ2v) is 12.9. The smallest absolute Gasteiger partial charge is 0.123 e. The molecule has 4 N–H and O–H groups in total. The van der Waals surface area contributed by atoms with Crippen LogP contribution in [0.4, 0.5) is 0 Å². The van der Waals surface area contributed by atoms with E-state index in [1.807, 2.05) is 12.4 Å². The minimum Gasteiger partial charge on any atom is -0.344 e. The van der Waals surface area contributed by atoms with Crippen LogP contribution in [0.1, 0.15) is 75.1 Å². The number of hydrogen-bond donors (Lipinski definition) is 4. The van der Waals surface area contributed by atoms with Crippen molar-refractivity contribution < 1.29 is 0 Å². The predicted octanol–water partition coefficient (Wildman–Crippen LogP) is 6.52. The number of aryl methyl sites for hydroxylation is 1. The maximum atomic E-state index is 4.80. The van der Waals surface area contributed by atoms with Gasteiger partial charge < -0.3 is 25.2 Å². The third-order valence-corrected chi connectivity index (χ3v) is 10.7. The molecule has 0 spiro atoms. The Morgan fingerprint density at radius 3 is 1.65 bits per heavy atom. The molecule has 2 saturated heterocycles. The molecule has 3 aromatic heterocycles. The maximum Gasteiger partial charge on any atom is 0.123 e. The van der Waals surface area contributed by atoms with Crippen molar-refractivity contribution in [2.45, 2.75) is 75.5 Å². The molecule has 2 aromatic carbocycles. The fourth-order valence-electron chi connectivity index (χ4n) is 8.58. The zero-order chi connectivity index (χ0) is 26.4. The van der Waals surface area contributed by atoms with Crippen LogP contribution < -0.4 is 10.6 Å². The monoisotopic (exact) mass is 531 g/mol. The van der Waals surface area contributed by atoms with Crippen LogP contribution in [0.15, 0.2) is 48.8 Å². The molecule has 9 rings (SSSR count). The standard InChI is InChI=1S/C33H37N7/c1-40-30-14-20(28-16-34-32(38-28)26-12-18-4-2-6-24(18)36-26)8-10-22(30)23-11-9-21(15-31(23)40)29-17-35-33(39-29)27-13-19-5-3-7-25(19)37-27/h8-11,14-19,24-27,36-37H,2-7,12-13H2,1H3,(H,34,38)(H,35,39)/t18-,19-,24-,25-,26-,27-/m0/s1. The highest BCUT2D eigenvalue weighted by Gasteiger charge is 2.39. The number of nitrogens with one attached hydrogen (secondary N) is 4. The largest absolute Gasteiger partial charge is 0.344 e. The lowest BCUT2D eigenvalue weighted by Gasteiger charge is -2.10. The average Bonchev–Trinajstić information content (AvgIpc) is 3.79. The van der Waals surface area contributed by atoms with Crippen LogP contribution in [0.25, 0.3) is 44.3 Å². The lowest BCUT2D eigenvalue weighted by molar-refractivity contribution is 0.516. The fourth-order valence-corrected chi connectivity index (χ4v) is 8.58. The van der Waals surface area contributed by atoms with Crippen LogP contribution in [0.3, 0.4) is 0 Å². The fraction of sp³-hybridized carbons (Fsp3) is 0.455. The molecule has 4 aliphatic rings. The van der Waals surface area contributed by atoms with E-state index >= 15 is 0 Å². The van der Waals surface area contributed by atoms with Gasteiger partial charge in [-0.2, -0.15) is 0 Å². The van der Waals surface area contributed by atoms with Crippen molar-refractivity contribution >= 4 is 21.8 Å². The van der Waals surface area contributed by atoms with Gasteiger partial charge in [-0.05, 0) is 62.5 Å². The van der Waals surface area contributed by atoms with Crippen molar-refractivity contribution in [2.24, 2.45) is 18.9 Å². The van der Waals surface area contributed by atoms with Crippen LogP contribution in [-0.4, -0.2) is 36.6 Å². The molecule has 0 unspecified atom stereocenters. The van der Waals surface area contributed by atoms with Crippen molar-refractivity contribution in [3.63, 3.8) is 0 Å². The predicted molar refractivity (Wildman–Crippen MR) is 159 cm³/mol. The molecular formula is C33H37N7. The Bertz CT molecular complexity index is 1590. The molecule has 2 aliphatic carbocycles. The lowest BCUT2D eigenvalue weighted by Crippen LogP contribution is -2.24. The summed E-state index contributed by atoms with van der Waals surface area (Å²) in [7, 11) is 2.18. The molecule has 7 heteroatoms. The number of aromatic nitrogens is 5. The summed E-state index contributed by atoms with van der Waals surface area (Å²) >= 11 is 0. The van der Waals surface area contributed by atoms with E-state index in [1.54, 1.807) is 0 Å². The summed E-state index contributed by atoms with van der Waals surface area (Å²) in [6.07, 6.45) is 14.5. The Hall–Kier alpha value is -3.42. The average molecular weight is 532 g/mol. The van der Waals surface area contributed by atoms with Gasteiger partial charge in [0.05, 0.1) is 35.9 Å². The van der Waals surface area contributed by atoms with Gasteiger partial charge in [0, 0.05) is 52.1 Å². The lowest BCUT2D eigenvalue weighted by atomic mass is 10.0. The first-order valence-corrected chi connectivity index (χ1v) is 15.3. The first-order valence-electron chi connectivity index (χ1n) is 15.3. The molecule has 6 atom stereocenters. The van der Waals surface area contributed by atoms with Gasteiger partial charge in [-0.25, -0.2) is 9.97 Å². The Morgan fingerprint density at radius 2 is 1.18 bits per heavy atom. The summed E-state index contributed by atoms with van der Waals surface area (Å²) in [4.78, 5) is 16.9. The highest BCUT2D eigenvalue weighted by Crippen LogP contribution is 2.41. The molecule has 7 nitrogen and oxygen atoms in total. The number of nitrogens with zero attached hydrogens (tertiary/aromatic N) is 3. The number of rotatable bonds is 4. The summed E-state index contributed by atoms with van der Waals surface area (Å²) < 4.78 is 2.33. The van der Waals surface area contributed by atoms with Crippen LogP contribution in [0.2, 0.25) is 0 Å². The molecular weight excluding hydrogens is 494 g/mol. The Kier molecular flexibility index (Phi) is 5.12. The van der Waals surface area contributed by atoms with E-state index in [-0.39, 0.29) is 0 Å². The zero-order valence-electron chi connectivity index (χ0n) is 23.1. The van der Waals surface area contributed by atoms with Crippen LogP contribution in [-0.2, 0) is 7.05 Å². The SMILES string of the molecule is Cn1c2cc(-c3cnc([C@@H]4C[C@@H]5CCC[C@@H]5N4)[nH]3)ccc2c2ccc(-c3cnc([C@@H]4C[C@@H]5CCC[C@@H]5N4)[nH]3)cc21. The van der Waals surface area contributed by atoms with E-state index < -0.39 is 0 Å². The zero-order valence-corrected chi connectivity index (χ0v) is 23.1. The Labute approximate surface area is 234 Å². The minimum atomic E-state index is 0.357. The normalized spacial score (nSPS) is 29.6. The molecule has 40 heavy (non-hydrogen) atoms. The first kappa shape index (κ1) is 23.3. The van der Waals surface area contributed by atoms with Crippen molar-refractivity contribution in [1.29, 1.82) is 0 Å². The van der Waals surface area contributed by atoms with E-state index in [1.165, 1.54) is 84.3 Å². The second kappa shape index (κ2) is 8.79.